The molecule has 0 radical (unpaired) electrons. The first-order valence-electron chi connectivity index (χ1n) is 22.6. The SMILES string of the molecule is CCCCCCCCCCCCCCCC[C@@H](O)CNC(=O)CCCCCCCCCCCCCCC(=O)CCCCCCCCCCC. The third-order valence-electron chi connectivity index (χ3n) is 10.6. The van der Waals surface area contributed by atoms with Crippen LogP contribution in [-0.2, 0) is 9.59 Å². The van der Waals surface area contributed by atoms with Gasteiger partial charge in [-0.3, -0.25) is 9.59 Å². The molecule has 0 saturated heterocycles. The zero-order valence-corrected chi connectivity index (χ0v) is 33.6. The lowest BCUT2D eigenvalue weighted by molar-refractivity contribution is -0.121. The highest BCUT2D eigenvalue weighted by Crippen LogP contribution is 2.16. The van der Waals surface area contributed by atoms with Crippen LogP contribution >= 0.6 is 0 Å². The molecule has 0 heterocycles. The minimum Gasteiger partial charge on any atom is -0.391 e. The highest BCUT2D eigenvalue weighted by molar-refractivity contribution is 5.78. The maximum Gasteiger partial charge on any atom is 0.220 e. The number of ketones is 1. The van der Waals surface area contributed by atoms with Gasteiger partial charge in [0.1, 0.15) is 5.78 Å². The Bertz CT molecular complexity index is 666. The van der Waals surface area contributed by atoms with Crippen molar-refractivity contribution >= 4 is 11.7 Å². The lowest BCUT2D eigenvalue weighted by Crippen LogP contribution is -2.31. The molecule has 49 heavy (non-hydrogen) atoms. The van der Waals surface area contributed by atoms with Crippen LogP contribution in [0.1, 0.15) is 264 Å². The summed E-state index contributed by atoms with van der Waals surface area (Å²) in [7, 11) is 0. The van der Waals surface area contributed by atoms with Gasteiger partial charge in [0.2, 0.25) is 5.91 Å². The zero-order valence-electron chi connectivity index (χ0n) is 33.6. The van der Waals surface area contributed by atoms with Crippen molar-refractivity contribution in [3.05, 3.63) is 0 Å². The van der Waals surface area contributed by atoms with Gasteiger partial charge in [-0.05, 0) is 25.7 Å². The Balaban J connectivity index is 3.30. The van der Waals surface area contributed by atoms with Crippen molar-refractivity contribution < 1.29 is 14.7 Å². The number of carbonyl (C=O) groups is 2. The van der Waals surface area contributed by atoms with E-state index < -0.39 is 6.10 Å². The third-order valence-corrected chi connectivity index (χ3v) is 10.6. The summed E-state index contributed by atoms with van der Waals surface area (Å²) in [4.78, 5) is 24.3. The lowest BCUT2D eigenvalue weighted by atomic mass is 10.0. The Morgan fingerprint density at radius 1 is 0.388 bits per heavy atom. The molecule has 0 unspecified atom stereocenters. The second-order valence-corrected chi connectivity index (χ2v) is 15.7. The molecule has 0 bridgehead atoms. The topological polar surface area (TPSA) is 66.4 Å². The Labute approximate surface area is 307 Å². The van der Waals surface area contributed by atoms with Gasteiger partial charge in [-0.2, -0.15) is 0 Å². The summed E-state index contributed by atoms with van der Waals surface area (Å²) in [5, 5.41) is 13.2. The summed E-state index contributed by atoms with van der Waals surface area (Å²) in [5.74, 6) is 0.594. The van der Waals surface area contributed by atoms with Gasteiger partial charge in [-0.1, -0.05) is 219 Å². The molecular weight excluding hydrogens is 602 g/mol. The summed E-state index contributed by atoms with van der Waals surface area (Å²) >= 11 is 0. The summed E-state index contributed by atoms with van der Waals surface area (Å²) in [6.45, 7) is 4.96. The number of aliphatic hydroxyl groups is 1. The predicted molar refractivity (Wildman–Crippen MR) is 215 cm³/mol. The average Bonchev–Trinajstić information content (AvgIpc) is 3.10. The van der Waals surface area contributed by atoms with Crippen LogP contribution in [0.2, 0.25) is 0 Å². The number of rotatable bonds is 42. The highest BCUT2D eigenvalue weighted by atomic mass is 16.3. The normalized spacial score (nSPS) is 12.1. The molecule has 2 N–H and O–H groups in total. The Morgan fingerprint density at radius 3 is 0.980 bits per heavy atom. The number of Topliss-reactive ketones (excluding diaryl/α,β-unsaturated/α-hetero) is 1. The summed E-state index contributed by atoms with van der Waals surface area (Å²) < 4.78 is 0. The molecule has 4 nitrogen and oxygen atoms in total. The van der Waals surface area contributed by atoms with E-state index in [0.29, 0.717) is 18.7 Å². The molecule has 0 aliphatic rings. The average molecular weight is 692 g/mol. The van der Waals surface area contributed by atoms with E-state index in [1.165, 1.54) is 193 Å². The maximum atomic E-state index is 12.1. The standard InChI is InChI=1S/C45H89NO3/c1-3-5-7-9-11-13-14-15-16-20-24-28-32-36-40-44(48)42-46-45(49)41-37-33-29-25-21-18-17-19-23-27-31-35-39-43(47)38-34-30-26-22-12-10-8-6-4-2/h44,48H,3-42H2,1-2H3,(H,46,49)/t44-/m1/s1. The van der Waals surface area contributed by atoms with Gasteiger partial charge >= 0.3 is 0 Å². The van der Waals surface area contributed by atoms with Gasteiger partial charge < -0.3 is 10.4 Å². The molecule has 0 aromatic heterocycles. The largest absolute Gasteiger partial charge is 0.391 e. The molecule has 0 fully saturated rings. The zero-order chi connectivity index (χ0) is 35.7. The van der Waals surface area contributed by atoms with Crippen LogP contribution in [0.3, 0.4) is 0 Å². The Kier molecular flexibility index (Phi) is 40.8. The van der Waals surface area contributed by atoms with Crippen LogP contribution in [0.5, 0.6) is 0 Å². The fraction of sp³-hybridized carbons (Fsp3) is 0.956. The van der Waals surface area contributed by atoms with E-state index in [0.717, 1.165) is 51.4 Å². The Hall–Kier alpha value is -0.900. The predicted octanol–water partition coefficient (Wildman–Crippen LogP) is 14.3. The van der Waals surface area contributed by atoms with Crippen LogP contribution in [0.25, 0.3) is 0 Å². The van der Waals surface area contributed by atoms with E-state index in [1.54, 1.807) is 0 Å². The first-order valence-corrected chi connectivity index (χ1v) is 22.6. The molecule has 0 spiro atoms. The first-order chi connectivity index (χ1) is 24.1. The van der Waals surface area contributed by atoms with E-state index in [-0.39, 0.29) is 5.91 Å². The minimum atomic E-state index is -0.398. The summed E-state index contributed by atoms with van der Waals surface area (Å²) in [6.07, 6.45) is 48.2. The molecule has 0 aromatic carbocycles. The Morgan fingerprint density at radius 2 is 0.653 bits per heavy atom. The molecule has 0 aliphatic heterocycles. The van der Waals surface area contributed by atoms with E-state index in [2.05, 4.69) is 19.2 Å². The number of nitrogens with one attached hydrogen (secondary N) is 1. The number of carbonyl (C=O) groups excluding carboxylic acids is 2. The van der Waals surface area contributed by atoms with E-state index in [1.807, 2.05) is 0 Å². The van der Waals surface area contributed by atoms with Crippen LogP contribution in [0.15, 0.2) is 0 Å². The van der Waals surface area contributed by atoms with Crippen molar-refractivity contribution in [2.75, 3.05) is 6.54 Å². The van der Waals surface area contributed by atoms with Crippen molar-refractivity contribution in [3.8, 4) is 0 Å². The van der Waals surface area contributed by atoms with Crippen molar-refractivity contribution in [1.29, 1.82) is 0 Å². The van der Waals surface area contributed by atoms with Gasteiger partial charge in [-0.25, -0.2) is 0 Å². The lowest BCUT2D eigenvalue weighted by Gasteiger charge is -2.12. The van der Waals surface area contributed by atoms with Gasteiger partial charge in [0.25, 0.3) is 0 Å². The molecular formula is C45H89NO3. The van der Waals surface area contributed by atoms with Gasteiger partial charge in [0.15, 0.2) is 0 Å². The van der Waals surface area contributed by atoms with Crippen molar-refractivity contribution in [2.24, 2.45) is 0 Å². The fourth-order valence-electron chi connectivity index (χ4n) is 7.13. The number of aliphatic hydroxyl groups excluding tert-OH is 1. The first kappa shape index (κ1) is 48.1. The molecule has 0 rings (SSSR count). The number of amides is 1. The van der Waals surface area contributed by atoms with E-state index in [9.17, 15) is 14.7 Å². The van der Waals surface area contributed by atoms with Crippen molar-refractivity contribution in [1.82, 2.24) is 5.32 Å². The van der Waals surface area contributed by atoms with Crippen LogP contribution in [0.4, 0.5) is 0 Å². The van der Waals surface area contributed by atoms with Gasteiger partial charge in [0.05, 0.1) is 6.10 Å². The molecule has 292 valence electrons. The molecule has 1 amide bonds. The van der Waals surface area contributed by atoms with E-state index >= 15 is 0 Å². The minimum absolute atomic E-state index is 0.100. The number of unbranched alkanes of at least 4 members (excludes halogenated alkanes) is 32. The van der Waals surface area contributed by atoms with Crippen LogP contribution in [0, 0.1) is 0 Å². The quantitative estimate of drug-likeness (QED) is 0.0626. The molecule has 0 aromatic rings. The number of hydrogen-bond donors (Lipinski definition) is 2. The van der Waals surface area contributed by atoms with Gasteiger partial charge in [-0.15, -0.1) is 0 Å². The smallest absolute Gasteiger partial charge is 0.220 e. The van der Waals surface area contributed by atoms with Crippen LogP contribution < -0.4 is 5.32 Å². The molecule has 4 heteroatoms. The highest BCUT2D eigenvalue weighted by Gasteiger charge is 2.07. The molecule has 0 aliphatic carbocycles. The second kappa shape index (κ2) is 41.5. The molecule has 0 saturated carbocycles. The maximum absolute atomic E-state index is 12.1. The number of hydrogen-bond acceptors (Lipinski definition) is 3. The van der Waals surface area contributed by atoms with Crippen molar-refractivity contribution in [2.45, 2.75) is 270 Å². The second-order valence-electron chi connectivity index (χ2n) is 15.7. The summed E-state index contributed by atoms with van der Waals surface area (Å²) in [5.41, 5.74) is 0. The molecule has 1 atom stereocenters. The van der Waals surface area contributed by atoms with Crippen molar-refractivity contribution in [3.63, 3.8) is 0 Å². The van der Waals surface area contributed by atoms with Crippen LogP contribution in [-0.4, -0.2) is 29.4 Å². The van der Waals surface area contributed by atoms with Gasteiger partial charge in [0, 0.05) is 25.8 Å². The van der Waals surface area contributed by atoms with E-state index in [4.69, 9.17) is 0 Å². The summed E-state index contributed by atoms with van der Waals surface area (Å²) in [6, 6.07) is 0. The third kappa shape index (κ3) is 41.4. The fourth-order valence-corrected chi connectivity index (χ4v) is 7.13. The monoisotopic (exact) mass is 692 g/mol.